The molecule has 0 aromatic carbocycles. The highest BCUT2D eigenvalue weighted by Gasteiger charge is 2.32. The maximum Gasteiger partial charge on any atom is 0.00953 e. The van der Waals surface area contributed by atoms with E-state index in [-0.39, 0.29) is 0 Å². The molecule has 0 amide bonds. The summed E-state index contributed by atoms with van der Waals surface area (Å²) in [5.74, 6) is 0.952. The van der Waals surface area contributed by atoms with Gasteiger partial charge in [-0.2, -0.15) is 0 Å². The molecule has 0 aromatic rings. The van der Waals surface area contributed by atoms with Crippen molar-refractivity contribution in [2.24, 2.45) is 11.3 Å². The molecule has 2 fully saturated rings. The van der Waals surface area contributed by atoms with Crippen LogP contribution in [0.5, 0.6) is 0 Å². The summed E-state index contributed by atoms with van der Waals surface area (Å²) in [5.41, 5.74) is 0.522. The fourth-order valence-corrected chi connectivity index (χ4v) is 4.14. The number of nitrogens with zero attached hydrogens (tertiary/aromatic N) is 1. The molecule has 0 radical (unpaired) electrons. The maximum absolute atomic E-state index is 2.75. The molecule has 0 aliphatic heterocycles. The van der Waals surface area contributed by atoms with E-state index in [9.17, 15) is 0 Å². The Morgan fingerprint density at radius 2 is 1.22 bits per heavy atom. The van der Waals surface area contributed by atoms with Crippen LogP contribution >= 0.6 is 0 Å². The van der Waals surface area contributed by atoms with Crippen LogP contribution in [0.25, 0.3) is 0 Å². The molecule has 1 nitrogen and oxygen atoms in total. The third kappa shape index (κ3) is 3.50. The van der Waals surface area contributed by atoms with Crippen LogP contribution in [0, 0.1) is 11.3 Å². The normalized spacial score (nSPS) is 31.8. The molecular weight excluding hydrogens is 218 g/mol. The molecule has 0 atom stereocenters. The van der Waals surface area contributed by atoms with Crippen LogP contribution in [-0.4, -0.2) is 24.0 Å². The van der Waals surface area contributed by atoms with Crippen LogP contribution in [0.4, 0.5) is 0 Å². The van der Waals surface area contributed by atoms with Crippen molar-refractivity contribution in [2.75, 3.05) is 7.05 Å². The zero-order chi connectivity index (χ0) is 13.2. The minimum Gasteiger partial charge on any atom is -0.300 e. The van der Waals surface area contributed by atoms with Crippen molar-refractivity contribution in [3.8, 4) is 0 Å². The molecule has 0 bridgehead atoms. The fourth-order valence-electron chi connectivity index (χ4n) is 4.14. The van der Waals surface area contributed by atoms with Crippen molar-refractivity contribution >= 4 is 0 Å². The van der Waals surface area contributed by atoms with Crippen molar-refractivity contribution < 1.29 is 0 Å². The van der Waals surface area contributed by atoms with Crippen molar-refractivity contribution in [3.05, 3.63) is 0 Å². The molecule has 106 valence electrons. The molecule has 2 aliphatic rings. The standard InChI is InChI=1S/C17H33N/c1-17(2,3)14-10-12-16(13-11-14)18(4)15-8-6-5-7-9-15/h14-16H,5-13H2,1-4H3. The molecule has 2 aliphatic carbocycles. The van der Waals surface area contributed by atoms with E-state index >= 15 is 0 Å². The van der Waals surface area contributed by atoms with Gasteiger partial charge < -0.3 is 4.90 Å². The molecule has 18 heavy (non-hydrogen) atoms. The molecule has 0 unspecified atom stereocenters. The molecule has 0 aromatic heterocycles. The van der Waals surface area contributed by atoms with Crippen LogP contribution < -0.4 is 0 Å². The van der Waals surface area contributed by atoms with Crippen LogP contribution in [0.15, 0.2) is 0 Å². The SMILES string of the molecule is CN(C1CCCCC1)C1CCC(C(C)(C)C)CC1. The van der Waals surface area contributed by atoms with Gasteiger partial charge in [-0.15, -0.1) is 0 Å². The van der Waals surface area contributed by atoms with Gasteiger partial charge in [-0.3, -0.25) is 0 Å². The predicted molar refractivity (Wildman–Crippen MR) is 79.8 cm³/mol. The summed E-state index contributed by atoms with van der Waals surface area (Å²) in [5, 5.41) is 0. The van der Waals surface area contributed by atoms with Crippen LogP contribution in [0.1, 0.15) is 78.6 Å². The topological polar surface area (TPSA) is 3.24 Å². The summed E-state index contributed by atoms with van der Waals surface area (Å²) < 4.78 is 0. The average Bonchev–Trinajstić information content (AvgIpc) is 2.38. The van der Waals surface area contributed by atoms with Crippen molar-refractivity contribution in [3.63, 3.8) is 0 Å². The number of hydrogen-bond donors (Lipinski definition) is 0. The zero-order valence-electron chi connectivity index (χ0n) is 13.0. The Labute approximate surface area is 114 Å². The molecule has 0 saturated heterocycles. The smallest absolute Gasteiger partial charge is 0.00953 e. The molecule has 0 heterocycles. The molecule has 1 heteroatoms. The molecule has 2 rings (SSSR count). The average molecular weight is 251 g/mol. The van der Waals surface area contributed by atoms with Crippen LogP contribution in [0.2, 0.25) is 0 Å². The van der Waals surface area contributed by atoms with E-state index in [1.807, 2.05) is 0 Å². The van der Waals surface area contributed by atoms with Gasteiger partial charge >= 0.3 is 0 Å². The van der Waals surface area contributed by atoms with Gasteiger partial charge in [0.15, 0.2) is 0 Å². The second-order valence-corrected chi connectivity index (χ2v) is 7.83. The number of hydrogen-bond acceptors (Lipinski definition) is 1. The monoisotopic (exact) mass is 251 g/mol. The highest BCUT2D eigenvalue weighted by Crippen LogP contribution is 2.39. The molecular formula is C17H33N. The van der Waals surface area contributed by atoms with Gasteiger partial charge in [-0.25, -0.2) is 0 Å². The van der Waals surface area contributed by atoms with E-state index in [0.29, 0.717) is 5.41 Å². The Bertz CT molecular complexity index is 239. The molecule has 0 N–H and O–H groups in total. The van der Waals surface area contributed by atoms with E-state index in [1.54, 1.807) is 0 Å². The first-order valence-electron chi connectivity index (χ1n) is 8.20. The summed E-state index contributed by atoms with van der Waals surface area (Å²) in [4.78, 5) is 2.75. The largest absolute Gasteiger partial charge is 0.300 e. The van der Waals surface area contributed by atoms with Gasteiger partial charge in [0, 0.05) is 12.1 Å². The van der Waals surface area contributed by atoms with E-state index in [1.165, 1.54) is 57.8 Å². The zero-order valence-corrected chi connectivity index (χ0v) is 13.0. The Morgan fingerprint density at radius 1 is 0.722 bits per heavy atom. The lowest BCUT2D eigenvalue weighted by Gasteiger charge is -2.43. The van der Waals surface area contributed by atoms with Crippen molar-refractivity contribution in [1.29, 1.82) is 0 Å². The quantitative estimate of drug-likeness (QED) is 0.677. The van der Waals surface area contributed by atoms with Gasteiger partial charge in [0.2, 0.25) is 0 Å². The van der Waals surface area contributed by atoms with E-state index < -0.39 is 0 Å². The third-order valence-electron chi connectivity index (χ3n) is 5.65. The van der Waals surface area contributed by atoms with E-state index in [2.05, 4.69) is 32.7 Å². The summed E-state index contributed by atoms with van der Waals surface area (Å²) in [6, 6.07) is 1.78. The second-order valence-electron chi connectivity index (χ2n) is 7.83. The Morgan fingerprint density at radius 3 is 1.72 bits per heavy atom. The minimum atomic E-state index is 0.522. The summed E-state index contributed by atoms with van der Waals surface area (Å²) in [6.07, 6.45) is 13.1. The lowest BCUT2D eigenvalue weighted by molar-refractivity contribution is 0.0724. The van der Waals surface area contributed by atoms with Crippen LogP contribution in [0.3, 0.4) is 0 Å². The first-order chi connectivity index (χ1) is 8.48. The number of rotatable bonds is 2. The first kappa shape index (κ1) is 14.4. The Hall–Kier alpha value is -0.0400. The summed E-state index contributed by atoms with van der Waals surface area (Å²) in [7, 11) is 2.40. The van der Waals surface area contributed by atoms with Gasteiger partial charge in [-0.1, -0.05) is 40.0 Å². The fraction of sp³-hybridized carbons (Fsp3) is 1.00. The van der Waals surface area contributed by atoms with Crippen molar-refractivity contribution in [1.82, 2.24) is 4.90 Å². The van der Waals surface area contributed by atoms with E-state index in [0.717, 1.165) is 18.0 Å². The first-order valence-corrected chi connectivity index (χ1v) is 8.20. The Kier molecular flexibility index (Phi) is 4.75. The van der Waals surface area contributed by atoms with Gasteiger partial charge in [0.25, 0.3) is 0 Å². The molecule has 2 saturated carbocycles. The lowest BCUT2D eigenvalue weighted by atomic mass is 9.71. The molecule has 0 spiro atoms. The van der Waals surface area contributed by atoms with Gasteiger partial charge in [-0.05, 0) is 56.9 Å². The van der Waals surface area contributed by atoms with Gasteiger partial charge in [0.05, 0.1) is 0 Å². The van der Waals surface area contributed by atoms with E-state index in [4.69, 9.17) is 0 Å². The van der Waals surface area contributed by atoms with Gasteiger partial charge in [0.1, 0.15) is 0 Å². The summed E-state index contributed by atoms with van der Waals surface area (Å²) >= 11 is 0. The van der Waals surface area contributed by atoms with Crippen molar-refractivity contribution in [2.45, 2.75) is 90.6 Å². The minimum absolute atomic E-state index is 0.522. The maximum atomic E-state index is 2.75. The summed E-state index contributed by atoms with van der Waals surface area (Å²) in [6.45, 7) is 7.26. The predicted octanol–water partition coefficient (Wildman–Crippen LogP) is 4.86. The Balaban J connectivity index is 1.81. The lowest BCUT2D eigenvalue weighted by Crippen LogP contribution is -2.44. The third-order valence-corrected chi connectivity index (χ3v) is 5.65. The van der Waals surface area contributed by atoms with Crippen LogP contribution in [-0.2, 0) is 0 Å². The highest BCUT2D eigenvalue weighted by atomic mass is 15.2. The second kappa shape index (κ2) is 5.94. The highest BCUT2D eigenvalue weighted by molar-refractivity contribution is 4.86.